The molecule has 2 fully saturated rings. The number of aliphatic hydroxyl groups excluding tert-OH is 1. The van der Waals surface area contributed by atoms with E-state index in [1.165, 1.54) is 21.3 Å². The molecular weight excluding hydrogens is 420 g/mol. The third kappa shape index (κ3) is 5.10. The van der Waals surface area contributed by atoms with Crippen LogP contribution in [0.2, 0.25) is 5.02 Å². The number of carbonyl (C=O) groups excluding carboxylic acids is 1. The van der Waals surface area contributed by atoms with E-state index in [1.807, 2.05) is 0 Å². The Balaban J connectivity index is 1.87. The summed E-state index contributed by atoms with van der Waals surface area (Å²) in [7, 11) is -0.585. The van der Waals surface area contributed by atoms with Crippen LogP contribution < -0.4 is 0 Å². The Morgan fingerprint density at radius 1 is 1.28 bits per heavy atom. The molecule has 0 radical (unpaired) electrons. The largest absolute Gasteiger partial charge is 0.389 e. The van der Waals surface area contributed by atoms with Gasteiger partial charge < -0.3 is 19.5 Å². The van der Waals surface area contributed by atoms with E-state index in [1.54, 1.807) is 26.2 Å². The number of nitrogens with zero attached hydrogens (tertiary/aromatic N) is 2. The first kappa shape index (κ1) is 22.5. The highest BCUT2D eigenvalue weighted by atomic mass is 35.5. The molecule has 8 nitrogen and oxygen atoms in total. The molecule has 0 spiro atoms. The van der Waals surface area contributed by atoms with Crippen molar-refractivity contribution in [2.75, 3.05) is 33.9 Å². The molecule has 2 aliphatic rings. The summed E-state index contributed by atoms with van der Waals surface area (Å²) in [5, 5.41) is 10.4. The quantitative estimate of drug-likeness (QED) is 0.744. The highest BCUT2D eigenvalue weighted by Gasteiger charge is 2.43. The van der Waals surface area contributed by atoms with E-state index < -0.39 is 28.3 Å². The molecule has 0 aromatic heterocycles. The van der Waals surface area contributed by atoms with Crippen molar-refractivity contribution in [3.8, 4) is 0 Å². The number of carbonyl (C=O) groups is 1. The minimum Gasteiger partial charge on any atom is -0.389 e. The zero-order chi connectivity index (χ0) is 21.2. The summed E-state index contributed by atoms with van der Waals surface area (Å²) >= 11 is 6.16. The number of aliphatic hydroxyl groups is 1. The molecule has 3 rings (SSSR count). The number of β-amino-alcohol motifs (C(OH)–C–C–N with tert-alkyl or cyclic N) is 1. The second kappa shape index (κ2) is 9.28. The fraction of sp³-hybridized carbons (Fsp3) is 0.632. The first-order valence-corrected chi connectivity index (χ1v) is 11.4. The molecule has 2 heterocycles. The molecule has 1 aromatic carbocycles. The van der Waals surface area contributed by atoms with Gasteiger partial charge in [-0.1, -0.05) is 23.7 Å². The van der Waals surface area contributed by atoms with Gasteiger partial charge in [0.2, 0.25) is 15.9 Å². The normalized spacial score (nSPS) is 28.8. The first-order chi connectivity index (χ1) is 13.7. The third-order valence-corrected chi connectivity index (χ3v) is 7.65. The molecule has 4 atom stereocenters. The molecule has 1 N–H and O–H groups in total. The Bertz CT molecular complexity index is 834. The number of halogens is 1. The van der Waals surface area contributed by atoms with Crippen LogP contribution in [0.3, 0.4) is 0 Å². The summed E-state index contributed by atoms with van der Waals surface area (Å²) in [6.45, 7) is 0.0325. The van der Waals surface area contributed by atoms with Gasteiger partial charge >= 0.3 is 0 Å². The highest BCUT2D eigenvalue weighted by Crippen LogP contribution is 2.33. The maximum absolute atomic E-state index is 13.4. The average molecular weight is 447 g/mol. The van der Waals surface area contributed by atoms with Gasteiger partial charge in [-0.15, -0.1) is 0 Å². The lowest BCUT2D eigenvalue weighted by Gasteiger charge is -2.43. The van der Waals surface area contributed by atoms with Gasteiger partial charge in [0.05, 0.1) is 49.0 Å². The molecule has 0 unspecified atom stereocenters. The summed E-state index contributed by atoms with van der Waals surface area (Å²) in [6.07, 6.45) is -0.532. The lowest BCUT2D eigenvalue weighted by molar-refractivity contribution is -0.150. The van der Waals surface area contributed by atoms with Crippen LogP contribution >= 0.6 is 11.6 Å². The van der Waals surface area contributed by atoms with Gasteiger partial charge in [0.1, 0.15) is 4.90 Å². The van der Waals surface area contributed by atoms with E-state index in [0.29, 0.717) is 12.8 Å². The molecule has 1 amide bonds. The van der Waals surface area contributed by atoms with E-state index in [2.05, 4.69) is 0 Å². The number of hydrogen-bond acceptors (Lipinski definition) is 6. The van der Waals surface area contributed by atoms with Crippen LogP contribution in [0.5, 0.6) is 0 Å². The van der Waals surface area contributed by atoms with Crippen molar-refractivity contribution in [3.05, 3.63) is 29.3 Å². The molecule has 10 heteroatoms. The van der Waals surface area contributed by atoms with Gasteiger partial charge in [0, 0.05) is 20.6 Å². The van der Waals surface area contributed by atoms with Crippen molar-refractivity contribution in [1.82, 2.24) is 9.21 Å². The molecule has 0 aliphatic carbocycles. The highest BCUT2D eigenvalue weighted by molar-refractivity contribution is 7.89. The van der Waals surface area contributed by atoms with Crippen molar-refractivity contribution in [3.63, 3.8) is 0 Å². The van der Waals surface area contributed by atoms with Gasteiger partial charge in [0.15, 0.2) is 0 Å². The number of fused-ring (bicyclic) bond motifs is 1. The van der Waals surface area contributed by atoms with Crippen LogP contribution in [-0.2, 0) is 24.3 Å². The third-order valence-electron chi connectivity index (χ3n) is 5.26. The standard InChI is InChI=1S/C19H27ClN2O6S/c1-21(2)19(24)9-14-7-8-16-17(28-14)12-27-11-13(23)10-22(16)29(25,26)18-6-4-3-5-15(18)20/h3-6,13-14,16-17,23H,7-12H2,1-2H3/t13-,14+,16-,17+/m0/s1. The van der Waals surface area contributed by atoms with E-state index >= 15 is 0 Å². The topological polar surface area (TPSA) is 96.4 Å². The minimum absolute atomic E-state index is 0.000910. The van der Waals surface area contributed by atoms with Crippen molar-refractivity contribution in [2.45, 2.75) is 48.5 Å². The molecular formula is C19H27ClN2O6S. The Morgan fingerprint density at radius 2 is 2.00 bits per heavy atom. The predicted octanol–water partition coefficient (Wildman–Crippen LogP) is 1.12. The SMILES string of the molecule is CN(C)C(=O)C[C@H]1CC[C@H]2[C@@H](COC[C@@H](O)CN2S(=O)(=O)c2ccccc2Cl)O1. The summed E-state index contributed by atoms with van der Waals surface area (Å²) in [6, 6.07) is 5.74. The van der Waals surface area contributed by atoms with Crippen LogP contribution in [-0.4, -0.2) is 86.8 Å². The molecule has 0 saturated carbocycles. The zero-order valence-corrected chi connectivity index (χ0v) is 18.1. The monoisotopic (exact) mass is 446 g/mol. The molecule has 2 aliphatic heterocycles. The van der Waals surface area contributed by atoms with E-state index in [4.69, 9.17) is 21.1 Å². The lowest BCUT2D eigenvalue weighted by atomic mass is 9.96. The van der Waals surface area contributed by atoms with Crippen molar-refractivity contribution in [1.29, 1.82) is 0 Å². The zero-order valence-electron chi connectivity index (χ0n) is 16.5. The maximum atomic E-state index is 13.4. The molecule has 162 valence electrons. The number of hydrogen-bond donors (Lipinski definition) is 1. The van der Waals surface area contributed by atoms with Gasteiger partial charge in [-0.25, -0.2) is 8.42 Å². The van der Waals surface area contributed by atoms with E-state index in [9.17, 15) is 18.3 Å². The summed E-state index contributed by atoms with van der Waals surface area (Å²) in [4.78, 5) is 13.6. The van der Waals surface area contributed by atoms with Crippen molar-refractivity contribution < 1.29 is 27.8 Å². The first-order valence-electron chi connectivity index (χ1n) is 9.58. The minimum atomic E-state index is -3.96. The Morgan fingerprint density at radius 3 is 2.69 bits per heavy atom. The Labute approximate surface area is 176 Å². The average Bonchev–Trinajstić information content (AvgIpc) is 2.65. The molecule has 1 aromatic rings. The smallest absolute Gasteiger partial charge is 0.244 e. The number of rotatable bonds is 4. The fourth-order valence-electron chi connectivity index (χ4n) is 3.73. The lowest BCUT2D eigenvalue weighted by Crippen LogP contribution is -2.57. The van der Waals surface area contributed by atoms with Crippen LogP contribution in [0.1, 0.15) is 19.3 Å². The number of benzene rings is 1. The Kier molecular flexibility index (Phi) is 7.19. The number of amides is 1. The number of sulfonamides is 1. The van der Waals surface area contributed by atoms with Gasteiger partial charge in [-0.3, -0.25) is 4.79 Å². The van der Waals surface area contributed by atoms with Crippen molar-refractivity contribution in [2.24, 2.45) is 0 Å². The number of ether oxygens (including phenoxy) is 2. The Hall–Kier alpha value is -1.23. The molecule has 2 saturated heterocycles. The molecule has 29 heavy (non-hydrogen) atoms. The maximum Gasteiger partial charge on any atom is 0.244 e. The second-order valence-corrected chi connectivity index (χ2v) is 9.90. The summed E-state index contributed by atoms with van der Waals surface area (Å²) in [5.74, 6) is -0.0452. The van der Waals surface area contributed by atoms with Crippen LogP contribution in [0.4, 0.5) is 0 Å². The van der Waals surface area contributed by atoms with Crippen LogP contribution in [0.25, 0.3) is 0 Å². The summed E-state index contributed by atoms with van der Waals surface area (Å²) in [5.41, 5.74) is 0. The van der Waals surface area contributed by atoms with E-state index in [0.717, 1.165) is 0 Å². The van der Waals surface area contributed by atoms with Gasteiger partial charge in [-0.05, 0) is 25.0 Å². The molecule has 0 bridgehead atoms. The van der Waals surface area contributed by atoms with Crippen molar-refractivity contribution >= 4 is 27.5 Å². The second-order valence-electron chi connectivity index (χ2n) is 7.63. The van der Waals surface area contributed by atoms with Gasteiger partial charge in [-0.2, -0.15) is 4.31 Å². The summed E-state index contributed by atoms with van der Waals surface area (Å²) < 4.78 is 39.7. The van der Waals surface area contributed by atoms with E-state index in [-0.39, 0.29) is 48.1 Å². The van der Waals surface area contributed by atoms with Crippen LogP contribution in [0.15, 0.2) is 29.2 Å². The fourth-order valence-corrected chi connectivity index (χ4v) is 5.94. The predicted molar refractivity (Wildman–Crippen MR) is 107 cm³/mol. The van der Waals surface area contributed by atoms with Crippen LogP contribution in [0, 0.1) is 0 Å². The van der Waals surface area contributed by atoms with Gasteiger partial charge in [0.25, 0.3) is 0 Å².